The first-order valence-corrected chi connectivity index (χ1v) is 4.93. The number of hydrogen-bond acceptors (Lipinski definition) is 3. The van der Waals surface area contributed by atoms with Crippen molar-refractivity contribution in [3.05, 3.63) is 48.0 Å². The quantitative estimate of drug-likeness (QED) is 0.721. The number of hydrogen-bond donors (Lipinski definition) is 3. The maximum atomic E-state index is 9.72. The van der Waals surface area contributed by atoms with Gasteiger partial charge in [-0.3, -0.25) is 0 Å². The highest BCUT2D eigenvalue weighted by Gasteiger charge is 2.08. The molecule has 2 rings (SSSR count). The van der Waals surface area contributed by atoms with Gasteiger partial charge in [0.2, 0.25) is 0 Å². The molecular formula is C13H12O3. The Morgan fingerprint density at radius 1 is 0.812 bits per heavy atom. The molecule has 82 valence electrons. The molecule has 3 heteroatoms. The molecule has 0 aliphatic heterocycles. The van der Waals surface area contributed by atoms with Crippen molar-refractivity contribution in [1.29, 1.82) is 0 Å². The fraction of sp³-hybridized carbons (Fsp3) is 0.0769. The molecule has 0 unspecified atom stereocenters. The lowest BCUT2D eigenvalue weighted by atomic mass is 10.0. The molecule has 0 saturated heterocycles. The third-order valence-corrected chi connectivity index (χ3v) is 2.44. The molecule has 0 aliphatic rings. The van der Waals surface area contributed by atoms with E-state index < -0.39 is 0 Å². The molecule has 0 fully saturated rings. The lowest BCUT2D eigenvalue weighted by Crippen LogP contribution is -1.86. The smallest absolute Gasteiger partial charge is 0.123 e. The number of benzene rings is 2. The first-order valence-electron chi connectivity index (χ1n) is 4.93. The van der Waals surface area contributed by atoms with E-state index in [2.05, 4.69) is 0 Å². The van der Waals surface area contributed by atoms with Crippen LogP contribution >= 0.6 is 0 Å². The Bertz CT molecular complexity index is 506. The predicted octanol–water partition coefficient (Wildman–Crippen LogP) is 2.26. The molecular weight excluding hydrogens is 204 g/mol. The van der Waals surface area contributed by atoms with Gasteiger partial charge in [0.05, 0.1) is 6.61 Å². The Balaban J connectivity index is 2.59. The molecule has 0 saturated carbocycles. The molecule has 16 heavy (non-hydrogen) atoms. The molecule has 0 radical (unpaired) electrons. The third-order valence-electron chi connectivity index (χ3n) is 2.44. The highest BCUT2D eigenvalue weighted by atomic mass is 16.3. The summed E-state index contributed by atoms with van der Waals surface area (Å²) in [5.74, 6) is 0.187. The predicted molar refractivity (Wildman–Crippen MR) is 61.1 cm³/mol. The van der Waals surface area contributed by atoms with E-state index >= 15 is 0 Å². The molecule has 3 N–H and O–H groups in total. The van der Waals surface area contributed by atoms with Crippen LogP contribution in [0.15, 0.2) is 42.5 Å². The van der Waals surface area contributed by atoms with Gasteiger partial charge in [-0.2, -0.15) is 0 Å². The highest BCUT2D eigenvalue weighted by molar-refractivity contribution is 5.75. The maximum Gasteiger partial charge on any atom is 0.123 e. The number of aliphatic hydroxyl groups excluding tert-OH is 1. The summed E-state index contributed by atoms with van der Waals surface area (Å²) in [6.45, 7) is -0.0964. The Kier molecular flexibility index (Phi) is 2.79. The second-order valence-corrected chi connectivity index (χ2v) is 3.53. The first-order chi connectivity index (χ1) is 7.72. The number of phenols is 2. The average Bonchev–Trinajstić information content (AvgIpc) is 2.31. The molecule has 0 bridgehead atoms. The molecule has 0 aromatic heterocycles. The minimum atomic E-state index is -0.0964. The second-order valence-electron chi connectivity index (χ2n) is 3.53. The molecule has 0 atom stereocenters. The van der Waals surface area contributed by atoms with E-state index in [0.717, 1.165) is 0 Å². The summed E-state index contributed by atoms with van der Waals surface area (Å²) in [5.41, 5.74) is 1.76. The van der Waals surface area contributed by atoms with E-state index in [1.54, 1.807) is 36.4 Å². The van der Waals surface area contributed by atoms with Gasteiger partial charge in [0, 0.05) is 11.1 Å². The van der Waals surface area contributed by atoms with Crippen LogP contribution in [0.3, 0.4) is 0 Å². The summed E-state index contributed by atoms with van der Waals surface area (Å²) in [5, 5.41) is 28.4. The van der Waals surface area contributed by atoms with E-state index in [0.29, 0.717) is 16.7 Å². The van der Waals surface area contributed by atoms with Crippen molar-refractivity contribution < 1.29 is 15.3 Å². The van der Waals surface area contributed by atoms with Gasteiger partial charge in [-0.1, -0.05) is 24.3 Å². The maximum absolute atomic E-state index is 9.72. The Hall–Kier alpha value is -2.00. The fourth-order valence-corrected chi connectivity index (χ4v) is 1.60. The van der Waals surface area contributed by atoms with Crippen LogP contribution in [-0.4, -0.2) is 15.3 Å². The molecule has 0 amide bonds. The van der Waals surface area contributed by atoms with Gasteiger partial charge in [0.1, 0.15) is 11.5 Å². The molecule has 0 heterocycles. The summed E-state index contributed by atoms with van der Waals surface area (Å²) in [4.78, 5) is 0. The van der Waals surface area contributed by atoms with E-state index in [1.807, 2.05) is 0 Å². The topological polar surface area (TPSA) is 60.7 Å². The van der Waals surface area contributed by atoms with Crippen LogP contribution in [0, 0.1) is 0 Å². The van der Waals surface area contributed by atoms with Crippen LogP contribution in [0.2, 0.25) is 0 Å². The monoisotopic (exact) mass is 216 g/mol. The lowest BCUT2D eigenvalue weighted by Gasteiger charge is -2.08. The summed E-state index contributed by atoms with van der Waals surface area (Å²) in [7, 11) is 0. The van der Waals surface area contributed by atoms with E-state index in [-0.39, 0.29) is 18.1 Å². The molecule has 0 aliphatic carbocycles. The zero-order valence-corrected chi connectivity index (χ0v) is 8.59. The summed E-state index contributed by atoms with van der Waals surface area (Å²) < 4.78 is 0. The number of phenolic OH excluding ortho intramolecular Hbond substituents is 2. The number of rotatable bonds is 2. The lowest BCUT2D eigenvalue weighted by molar-refractivity contribution is 0.282. The number of para-hydroxylation sites is 1. The van der Waals surface area contributed by atoms with Gasteiger partial charge < -0.3 is 15.3 Å². The third kappa shape index (κ3) is 1.85. The number of aromatic hydroxyl groups is 2. The van der Waals surface area contributed by atoms with Gasteiger partial charge in [0.15, 0.2) is 0 Å². The standard InChI is InChI=1S/C13H12O3/c14-8-9-5-6-13(16)11(7-9)10-3-1-2-4-12(10)15/h1-7,14-16H,8H2. The van der Waals surface area contributed by atoms with Crippen molar-refractivity contribution in [3.63, 3.8) is 0 Å². The van der Waals surface area contributed by atoms with Gasteiger partial charge in [0.25, 0.3) is 0 Å². The summed E-state index contributed by atoms with van der Waals surface area (Å²) in [6.07, 6.45) is 0. The van der Waals surface area contributed by atoms with Crippen molar-refractivity contribution in [2.24, 2.45) is 0 Å². The van der Waals surface area contributed by atoms with Crippen LogP contribution in [0.25, 0.3) is 11.1 Å². The van der Waals surface area contributed by atoms with Crippen LogP contribution in [0.1, 0.15) is 5.56 Å². The summed E-state index contributed by atoms with van der Waals surface area (Å²) in [6, 6.07) is 11.6. The summed E-state index contributed by atoms with van der Waals surface area (Å²) >= 11 is 0. The average molecular weight is 216 g/mol. The SMILES string of the molecule is OCc1ccc(O)c(-c2ccccc2O)c1. The van der Waals surface area contributed by atoms with Gasteiger partial charge >= 0.3 is 0 Å². The molecule has 2 aromatic rings. The van der Waals surface area contributed by atoms with Crippen LogP contribution in [0.4, 0.5) is 0 Å². The van der Waals surface area contributed by atoms with Gasteiger partial charge in [-0.25, -0.2) is 0 Å². The first kappa shape index (κ1) is 10.5. The Morgan fingerprint density at radius 2 is 1.50 bits per heavy atom. The van der Waals surface area contributed by atoms with Crippen LogP contribution in [-0.2, 0) is 6.61 Å². The van der Waals surface area contributed by atoms with Gasteiger partial charge in [-0.15, -0.1) is 0 Å². The van der Waals surface area contributed by atoms with Crippen molar-refractivity contribution in [3.8, 4) is 22.6 Å². The van der Waals surface area contributed by atoms with Crippen LogP contribution < -0.4 is 0 Å². The Labute approximate surface area is 93.2 Å². The minimum absolute atomic E-state index is 0.0821. The van der Waals surface area contributed by atoms with Crippen molar-refractivity contribution in [1.82, 2.24) is 0 Å². The molecule has 0 spiro atoms. The van der Waals surface area contributed by atoms with Crippen molar-refractivity contribution in [2.45, 2.75) is 6.61 Å². The minimum Gasteiger partial charge on any atom is -0.507 e. The van der Waals surface area contributed by atoms with Gasteiger partial charge in [-0.05, 0) is 23.8 Å². The van der Waals surface area contributed by atoms with Crippen molar-refractivity contribution >= 4 is 0 Å². The van der Waals surface area contributed by atoms with E-state index in [1.165, 1.54) is 6.07 Å². The Morgan fingerprint density at radius 3 is 2.19 bits per heavy atom. The zero-order chi connectivity index (χ0) is 11.5. The van der Waals surface area contributed by atoms with E-state index in [9.17, 15) is 10.2 Å². The van der Waals surface area contributed by atoms with Crippen LogP contribution in [0.5, 0.6) is 11.5 Å². The fourth-order valence-electron chi connectivity index (χ4n) is 1.60. The van der Waals surface area contributed by atoms with Crippen molar-refractivity contribution in [2.75, 3.05) is 0 Å². The normalized spacial score (nSPS) is 10.3. The second kappa shape index (κ2) is 4.24. The molecule has 2 aromatic carbocycles. The molecule has 3 nitrogen and oxygen atoms in total. The largest absolute Gasteiger partial charge is 0.507 e. The van der Waals surface area contributed by atoms with E-state index in [4.69, 9.17) is 5.11 Å². The number of aliphatic hydroxyl groups is 1. The highest BCUT2D eigenvalue weighted by Crippen LogP contribution is 2.35. The zero-order valence-electron chi connectivity index (χ0n) is 8.59.